The summed E-state index contributed by atoms with van der Waals surface area (Å²) < 4.78 is 0. The van der Waals surface area contributed by atoms with Crippen molar-refractivity contribution in [1.82, 2.24) is 10.4 Å². The second-order valence-electron chi connectivity index (χ2n) is 6.73. The predicted octanol–water partition coefficient (Wildman–Crippen LogP) is 3.12. The highest BCUT2D eigenvalue weighted by atomic mass is 16.7. The van der Waals surface area contributed by atoms with Crippen LogP contribution in [0.5, 0.6) is 0 Å². The molecule has 0 radical (unpaired) electrons. The summed E-state index contributed by atoms with van der Waals surface area (Å²) in [4.78, 5) is 19.5. The molecule has 0 saturated heterocycles. The van der Waals surface area contributed by atoms with Crippen LogP contribution in [0.3, 0.4) is 0 Å². The molecule has 0 bridgehead atoms. The van der Waals surface area contributed by atoms with Gasteiger partial charge in [-0.3, -0.25) is 4.90 Å². The fourth-order valence-electron chi connectivity index (χ4n) is 2.75. The van der Waals surface area contributed by atoms with Crippen LogP contribution in [0.4, 0.5) is 0 Å². The smallest absolute Gasteiger partial charge is 0.338 e. The molecule has 1 aliphatic heterocycles. The molecule has 1 heterocycles. The van der Waals surface area contributed by atoms with E-state index in [9.17, 15) is 4.79 Å². The number of hydrogen-bond donors (Lipinski definition) is 1. The van der Waals surface area contributed by atoms with Gasteiger partial charge in [0.05, 0.1) is 5.56 Å². The summed E-state index contributed by atoms with van der Waals surface area (Å²) in [5, 5.41) is 0. The molecule has 1 aliphatic rings. The van der Waals surface area contributed by atoms with Gasteiger partial charge in [-0.1, -0.05) is 18.2 Å². The van der Waals surface area contributed by atoms with Gasteiger partial charge in [0, 0.05) is 23.2 Å². The summed E-state index contributed by atoms with van der Waals surface area (Å²) >= 11 is 0. The predicted molar refractivity (Wildman–Crippen MR) is 83.6 cm³/mol. The molecule has 114 valence electrons. The Balaban J connectivity index is 2.05. The van der Waals surface area contributed by atoms with Crippen LogP contribution in [0.1, 0.15) is 44.5 Å². The van der Waals surface area contributed by atoms with Gasteiger partial charge in [0.1, 0.15) is 0 Å². The summed E-state index contributed by atoms with van der Waals surface area (Å²) in [5.41, 5.74) is 4.22. The first-order valence-electron chi connectivity index (χ1n) is 7.20. The third-order valence-corrected chi connectivity index (χ3v) is 4.21. The number of nitrogens with zero attached hydrogens (tertiary/aromatic N) is 1. The Hall–Kier alpha value is -1.81. The number of carbonyl (C=O) groups excluding carboxylic acids is 1. The minimum absolute atomic E-state index is 0.000260. The van der Waals surface area contributed by atoms with Gasteiger partial charge in [-0.2, -0.15) is 0 Å². The van der Waals surface area contributed by atoms with Crippen LogP contribution >= 0.6 is 0 Å². The fourth-order valence-corrected chi connectivity index (χ4v) is 2.75. The molecule has 0 aromatic heterocycles. The van der Waals surface area contributed by atoms with E-state index in [1.807, 2.05) is 18.2 Å². The zero-order chi connectivity index (χ0) is 15.7. The SMILES string of the molecule is CN1C(C)(C)C=C(NOC(=O)c2ccccc2)CC1(C)C. The molecule has 0 saturated carbocycles. The highest BCUT2D eigenvalue weighted by Gasteiger charge is 2.38. The van der Waals surface area contributed by atoms with E-state index in [1.54, 1.807) is 12.1 Å². The van der Waals surface area contributed by atoms with Gasteiger partial charge in [-0.05, 0) is 53.0 Å². The van der Waals surface area contributed by atoms with Gasteiger partial charge in [0.25, 0.3) is 0 Å². The van der Waals surface area contributed by atoms with E-state index in [2.05, 4.69) is 51.2 Å². The molecule has 4 nitrogen and oxygen atoms in total. The molecule has 0 aliphatic carbocycles. The largest absolute Gasteiger partial charge is 0.362 e. The maximum atomic E-state index is 12.0. The first kappa shape index (κ1) is 15.6. The van der Waals surface area contributed by atoms with Gasteiger partial charge in [0.15, 0.2) is 0 Å². The van der Waals surface area contributed by atoms with Crippen LogP contribution in [0, 0.1) is 0 Å². The monoisotopic (exact) mass is 288 g/mol. The van der Waals surface area contributed by atoms with Crippen molar-refractivity contribution in [1.29, 1.82) is 0 Å². The molecule has 0 amide bonds. The number of rotatable bonds is 3. The van der Waals surface area contributed by atoms with Gasteiger partial charge in [-0.25, -0.2) is 10.3 Å². The van der Waals surface area contributed by atoms with Gasteiger partial charge < -0.3 is 4.84 Å². The van der Waals surface area contributed by atoms with Crippen LogP contribution in [0.25, 0.3) is 0 Å². The second kappa shape index (κ2) is 5.53. The number of hydroxylamine groups is 1. The van der Waals surface area contributed by atoms with E-state index in [0.29, 0.717) is 5.56 Å². The Morgan fingerprint density at radius 1 is 1.19 bits per heavy atom. The average Bonchev–Trinajstić information content (AvgIpc) is 2.42. The number of likely N-dealkylation sites (N-methyl/N-ethyl adjacent to an activating group) is 1. The third kappa shape index (κ3) is 3.45. The van der Waals surface area contributed by atoms with Crippen LogP contribution in [-0.2, 0) is 4.84 Å². The molecule has 0 unspecified atom stereocenters. The van der Waals surface area contributed by atoms with E-state index in [0.717, 1.165) is 12.1 Å². The zero-order valence-electron chi connectivity index (χ0n) is 13.4. The Morgan fingerprint density at radius 2 is 1.81 bits per heavy atom. The molecule has 0 spiro atoms. The van der Waals surface area contributed by atoms with Crippen molar-refractivity contribution in [3.63, 3.8) is 0 Å². The van der Waals surface area contributed by atoms with E-state index in [4.69, 9.17) is 4.84 Å². The number of carbonyl (C=O) groups is 1. The van der Waals surface area contributed by atoms with E-state index < -0.39 is 0 Å². The number of benzene rings is 1. The van der Waals surface area contributed by atoms with Crippen molar-refractivity contribution in [3.05, 3.63) is 47.7 Å². The quantitative estimate of drug-likeness (QED) is 0.868. The molecule has 1 aromatic rings. The van der Waals surface area contributed by atoms with E-state index in [-0.39, 0.29) is 17.0 Å². The van der Waals surface area contributed by atoms with Crippen molar-refractivity contribution in [2.45, 2.75) is 45.2 Å². The van der Waals surface area contributed by atoms with Gasteiger partial charge in [0.2, 0.25) is 0 Å². The average molecular weight is 288 g/mol. The van der Waals surface area contributed by atoms with E-state index >= 15 is 0 Å². The molecule has 0 fully saturated rings. The van der Waals surface area contributed by atoms with Crippen LogP contribution in [0.2, 0.25) is 0 Å². The molecule has 0 atom stereocenters. The summed E-state index contributed by atoms with van der Waals surface area (Å²) in [6, 6.07) is 8.98. The lowest BCUT2D eigenvalue weighted by Gasteiger charge is -2.49. The van der Waals surface area contributed by atoms with E-state index in [1.165, 1.54) is 0 Å². The Morgan fingerprint density at radius 3 is 2.38 bits per heavy atom. The van der Waals surface area contributed by atoms with Crippen molar-refractivity contribution < 1.29 is 9.63 Å². The molecule has 1 N–H and O–H groups in total. The van der Waals surface area contributed by atoms with Gasteiger partial charge in [-0.15, -0.1) is 0 Å². The van der Waals surface area contributed by atoms with Crippen molar-refractivity contribution in [3.8, 4) is 0 Å². The normalized spacial score (nSPS) is 20.5. The van der Waals surface area contributed by atoms with Gasteiger partial charge >= 0.3 is 5.97 Å². The first-order chi connectivity index (χ1) is 9.72. The Bertz CT molecular complexity index is 547. The molecular weight excluding hydrogens is 264 g/mol. The molecule has 4 heteroatoms. The highest BCUT2D eigenvalue weighted by molar-refractivity contribution is 5.89. The van der Waals surface area contributed by atoms with Crippen LogP contribution in [-0.4, -0.2) is 29.0 Å². The summed E-state index contributed by atoms with van der Waals surface area (Å²) in [7, 11) is 2.11. The first-order valence-corrected chi connectivity index (χ1v) is 7.20. The minimum Gasteiger partial charge on any atom is -0.338 e. The fraction of sp³-hybridized carbons (Fsp3) is 0.471. The number of hydrogen-bond acceptors (Lipinski definition) is 4. The van der Waals surface area contributed by atoms with Crippen molar-refractivity contribution in [2.24, 2.45) is 0 Å². The Kier molecular flexibility index (Phi) is 4.10. The molecule has 21 heavy (non-hydrogen) atoms. The third-order valence-electron chi connectivity index (χ3n) is 4.21. The maximum Gasteiger partial charge on any atom is 0.362 e. The topological polar surface area (TPSA) is 41.6 Å². The summed E-state index contributed by atoms with van der Waals surface area (Å²) in [5.74, 6) is -0.369. The summed E-state index contributed by atoms with van der Waals surface area (Å²) in [6.07, 6.45) is 2.91. The van der Waals surface area contributed by atoms with Crippen LogP contribution in [0.15, 0.2) is 42.1 Å². The standard InChI is InChI=1S/C17H24N2O2/c1-16(2)11-14(12-17(3,4)19(16)5)18-21-15(20)13-9-7-6-8-10-13/h6-11,18H,12H2,1-5H3. The Labute approximate surface area is 126 Å². The lowest BCUT2D eigenvalue weighted by atomic mass is 9.84. The maximum absolute atomic E-state index is 12.0. The second-order valence-corrected chi connectivity index (χ2v) is 6.73. The summed E-state index contributed by atoms with van der Waals surface area (Å²) in [6.45, 7) is 8.66. The van der Waals surface area contributed by atoms with Crippen LogP contribution < -0.4 is 5.48 Å². The van der Waals surface area contributed by atoms with Crippen molar-refractivity contribution in [2.75, 3.05) is 7.05 Å². The molecule has 1 aromatic carbocycles. The lowest BCUT2D eigenvalue weighted by molar-refractivity contribution is 0.0192. The molecule has 2 rings (SSSR count). The number of nitrogens with one attached hydrogen (secondary N) is 1. The molecular formula is C17H24N2O2. The zero-order valence-corrected chi connectivity index (χ0v) is 13.4. The van der Waals surface area contributed by atoms with Crippen molar-refractivity contribution >= 4 is 5.97 Å². The highest BCUT2D eigenvalue weighted by Crippen LogP contribution is 2.34. The lowest BCUT2D eigenvalue weighted by Crippen LogP contribution is -2.56. The minimum atomic E-state index is -0.369.